The molecule has 2 heterocycles. The summed E-state index contributed by atoms with van der Waals surface area (Å²) in [6, 6.07) is 17.0. The third-order valence-corrected chi connectivity index (χ3v) is 6.78. The fourth-order valence-electron chi connectivity index (χ4n) is 4.76. The standard InChI is InChI=1S/C26H33N3O3/c30-24-8-6-22(7-9-24)25(31)23-12-16-29(17-13-23)26(32)27-18-21-11-15-28(19-21)14-10-20-4-2-1-3-5-20/h1-9,21,23,30H,10-19H2,(H,27,32). The summed E-state index contributed by atoms with van der Waals surface area (Å²) in [5.41, 5.74) is 2.00. The molecule has 2 aliphatic heterocycles. The molecule has 2 aromatic carbocycles. The Labute approximate surface area is 190 Å². The lowest BCUT2D eigenvalue weighted by atomic mass is 9.89. The molecule has 2 aliphatic rings. The minimum absolute atomic E-state index is 0.0109. The minimum Gasteiger partial charge on any atom is -0.508 e. The zero-order chi connectivity index (χ0) is 22.3. The largest absolute Gasteiger partial charge is 0.508 e. The van der Waals surface area contributed by atoms with E-state index in [0.29, 0.717) is 44.0 Å². The third kappa shape index (κ3) is 5.88. The number of piperidine rings is 1. The quantitative estimate of drug-likeness (QED) is 0.653. The predicted octanol–water partition coefficient (Wildman–Crippen LogP) is 3.56. The first-order chi connectivity index (χ1) is 15.6. The van der Waals surface area contributed by atoms with E-state index in [1.807, 2.05) is 11.0 Å². The van der Waals surface area contributed by atoms with Gasteiger partial charge in [-0.05, 0) is 68.0 Å². The monoisotopic (exact) mass is 435 g/mol. The molecule has 0 spiro atoms. The molecule has 1 atom stereocenters. The smallest absolute Gasteiger partial charge is 0.317 e. The molecule has 0 bridgehead atoms. The van der Waals surface area contributed by atoms with Gasteiger partial charge in [-0.3, -0.25) is 4.79 Å². The third-order valence-electron chi connectivity index (χ3n) is 6.78. The normalized spacial score (nSPS) is 19.8. The fraction of sp³-hybridized carbons (Fsp3) is 0.462. The number of carbonyl (C=O) groups excluding carboxylic acids is 2. The minimum atomic E-state index is -0.0587. The Kier molecular flexibility index (Phi) is 7.43. The van der Waals surface area contributed by atoms with E-state index in [9.17, 15) is 14.7 Å². The van der Waals surface area contributed by atoms with Crippen LogP contribution in [0.25, 0.3) is 0 Å². The number of phenols is 1. The Balaban J connectivity index is 1.15. The van der Waals surface area contributed by atoms with Gasteiger partial charge in [0.05, 0.1) is 0 Å². The molecule has 4 rings (SSSR count). The SMILES string of the molecule is O=C(c1ccc(O)cc1)C1CCN(C(=O)NCC2CCN(CCc3ccccc3)C2)CC1. The number of benzene rings is 2. The fourth-order valence-corrected chi connectivity index (χ4v) is 4.76. The van der Waals surface area contributed by atoms with E-state index in [-0.39, 0.29) is 23.5 Å². The molecule has 0 aromatic heterocycles. The van der Waals surface area contributed by atoms with Crippen molar-refractivity contribution in [3.05, 3.63) is 65.7 Å². The van der Waals surface area contributed by atoms with E-state index in [2.05, 4.69) is 34.5 Å². The number of nitrogens with one attached hydrogen (secondary N) is 1. The first-order valence-corrected chi connectivity index (χ1v) is 11.7. The molecule has 2 fully saturated rings. The molecule has 0 aliphatic carbocycles. The van der Waals surface area contributed by atoms with Crippen LogP contribution >= 0.6 is 0 Å². The van der Waals surface area contributed by atoms with Gasteiger partial charge in [0.1, 0.15) is 5.75 Å². The predicted molar refractivity (Wildman–Crippen MR) is 125 cm³/mol. The Morgan fingerprint density at radius 2 is 1.66 bits per heavy atom. The lowest BCUT2D eigenvalue weighted by Crippen LogP contribution is -2.46. The van der Waals surface area contributed by atoms with Crippen LogP contribution in [0.4, 0.5) is 4.79 Å². The maximum Gasteiger partial charge on any atom is 0.317 e. The van der Waals surface area contributed by atoms with Crippen LogP contribution in [-0.2, 0) is 6.42 Å². The van der Waals surface area contributed by atoms with E-state index >= 15 is 0 Å². The summed E-state index contributed by atoms with van der Waals surface area (Å²) < 4.78 is 0. The number of aromatic hydroxyl groups is 1. The Morgan fingerprint density at radius 1 is 0.938 bits per heavy atom. The van der Waals surface area contributed by atoms with Crippen LogP contribution in [0.5, 0.6) is 5.75 Å². The average Bonchev–Trinajstić information content (AvgIpc) is 3.30. The van der Waals surface area contributed by atoms with Crippen molar-refractivity contribution in [3.8, 4) is 5.75 Å². The van der Waals surface area contributed by atoms with Gasteiger partial charge in [0.2, 0.25) is 0 Å². The van der Waals surface area contributed by atoms with Gasteiger partial charge in [-0.1, -0.05) is 30.3 Å². The summed E-state index contributed by atoms with van der Waals surface area (Å²) >= 11 is 0. The number of nitrogens with zero attached hydrogens (tertiary/aromatic N) is 2. The summed E-state index contributed by atoms with van der Waals surface area (Å²) in [4.78, 5) is 29.6. The number of Topliss-reactive ketones (excluding diaryl/α,β-unsaturated/α-hetero) is 1. The number of hydrogen-bond acceptors (Lipinski definition) is 4. The number of urea groups is 1. The number of phenolic OH excluding ortho intramolecular Hbond substituents is 1. The number of carbonyl (C=O) groups is 2. The van der Waals surface area contributed by atoms with Crippen LogP contribution in [0.1, 0.15) is 35.2 Å². The average molecular weight is 436 g/mol. The molecule has 0 saturated carbocycles. The second-order valence-corrected chi connectivity index (χ2v) is 9.05. The van der Waals surface area contributed by atoms with Gasteiger partial charge in [-0.15, -0.1) is 0 Å². The summed E-state index contributed by atoms with van der Waals surface area (Å²) in [6.45, 7) is 5.13. The molecular weight excluding hydrogens is 402 g/mol. The van der Waals surface area contributed by atoms with Gasteiger partial charge in [-0.2, -0.15) is 0 Å². The van der Waals surface area contributed by atoms with Crippen molar-refractivity contribution in [1.82, 2.24) is 15.1 Å². The topological polar surface area (TPSA) is 72.9 Å². The highest BCUT2D eigenvalue weighted by Gasteiger charge is 2.29. The van der Waals surface area contributed by atoms with Crippen molar-refractivity contribution in [3.63, 3.8) is 0 Å². The summed E-state index contributed by atoms with van der Waals surface area (Å²) in [6.07, 6.45) is 3.56. The number of hydrogen-bond donors (Lipinski definition) is 2. The second kappa shape index (κ2) is 10.6. The van der Waals surface area contributed by atoms with E-state index in [4.69, 9.17) is 0 Å². The zero-order valence-electron chi connectivity index (χ0n) is 18.6. The molecule has 6 nitrogen and oxygen atoms in total. The molecule has 0 radical (unpaired) electrons. The van der Waals surface area contributed by atoms with Crippen molar-refractivity contribution < 1.29 is 14.7 Å². The molecule has 2 saturated heterocycles. The van der Waals surface area contributed by atoms with E-state index in [1.165, 1.54) is 5.56 Å². The van der Waals surface area contributed by atoms with Crippen molar-refractivity contribution >= 4 is 11.8 Å². The lowest BCUT2D eigenvalue weighted by Gasteiger charge is -2.31. The van der Waals surface area contributed by atoms with Crippen molar-refractivity contribution in [2.75, 3.05) is 39.3 Å². The van der Waals surface area contributed by atoms with Gasteiger partial charge >= 0.3 is 6.03 Å². The van der Waals surface area contributed by atoms with Crippen LogP contribution in [0.15, 0.2) is 54.6 Å². The highest BCUT2D eigenvalue weighted by molar-refractivity contribution is 5.98. The lowest BCUT2D eigenvalue weighted by molar-refractivity contribution is 0.0854. The van der Waals surface area contributed by atoms with Crippen LogP contribution in [0.3, 0.4) is 0 Å². The molecule has 2 N–H and O–H groups in total. The molecule has 32 heavy (non-hydrogen) atoms. The second-order valence-electron chi connectivity index (χ2n) is 9.05. The number of rotatable bonds is 7. The van der Waals surface area contributed by atoms with Crippen molar-refractivity contribution in [1.29, 1.82) is 0 Å². The highest BCUT2D eigenvalue weighted by atomic mass is 16.3. The van der Waals surface area contributed by atoms with Crippen LogP contribution < -0.4 is 5.32 Å². The molecule has 6 heteroatoms. The number of ketones is 1. The Bertz CT molecular complexity index is 892. The molecular formula is C26H33N3O3. The van der Waals surface area contributed by atoms with Gasteiger partial charge in [-0.25, -0.2) is 4.79 Å². The van der Waals surface area contributed by atoms with Gasteiger partial charge in [0, 0.05) is 44.2 Å². The maximum absolute atomic E-state index is 12.7. The van der Waals surface area contributed by atoms with E-state index in [0.717, 1.165) is 32.5 Å². The number of amides is 2. The summed E-state index contributed by atoms with van der Waals surface area (Å²) in [5, 5.41) is 12.5. The van der Waals surface area contributed by atoms with E-state index < -0.39 is 0 Å². The first kappa shape index (κ1) is 22.3. The Hall–Kier alpha value is -2.86. The molecule has 1 unspecified atom stereocenters. The van der Waals surface area contributed by atoms with Crippen molar-refractivity contribution in [2.45, 2.75) is 25.7 Å². The van der Waals surface area contributed by atoms with Crippen LogP contribution in [0, 0.1) is 11.8 Å². The van der Waals surface area contributed by atoms with Crippen LogP contribution in [-0.4, -0.2) is 66.0 Å². The highest BCUT2D eigenvalue weighted by Crippen LogP contribution is 2.23. The molecule has 170 valence electrons. The Morgan fingerprint density at radius 3 is 2.38 bits per heavy atom. The maximum atomic E-state index is 12.7. The first-order valence-electron chi connectivity index (χ1n) is 11.7. The van der Waals surface area contributed by atoms with Gasteiger partial charge < -0.3 is 20.2 Å². The number of likely N-dealkylation sites (tertiary alicyclic amines) is 2. The summed E-state index contributed by atoms with van der Waals surface area (Å²) in [5.74, 6) is 0.709. The summed E-state index contributed by atoms with van der Waals surface area (Å²) in [7, 11) is 0. The molecule has 2 amide bonds. The zero-order valence-corrected chi connectivity index (χ0v) is 18.6. The molecule has 2 aromatic rings. The van der Waals surface area contributed by atoms with E-state index in [1.54, 1.807) is 24.3 Å². The van der Waals surface area contributed by atoms with Gasteiger partial charge in [0.15, 0.2) is 5.78 Å². The van der Waals surface area contributed by atoms with Crippen molar-refractivity contribution in [2.24, 2.45) is 11.8 Å². The van der Waals surface area contributed by atoms with Gasteiger partial charge in [0.25, 0.3) is 0 Å². The van der Waals surface area contributed by atoms with Crippen LogP contribution in [0.2, 0.25) is 0 Å².